The van der Waals surface area contributed by atoms with Crippen molar-refractivity contribution in [3.05, 3.63) is 24.3 Å². The molecule has 0 spiro atoms. The molecular formula is C56H86N8O26. The lowest BCUT2D eigenvalue weighted by molar-refractivity contribution is -0.367. The highest BCUT2D eigenvalue weighted by Gasteiger charge is 2.58. The standard InChI is InChI=1S/C56H86N8O26/c1-25(67)61-35-43(37(75)27(23-65)83-49(35)55(3,4)5)85-53-41(79)39(77)45(47(88-53)50(81)59-19-9-17-57-29(69)15-21-63-31(71)11-12-32(63)72)87-52-36(62-26(2)68)44(38(76)28(24-66)84-52)86-54-42(80)40(78)46(90-56(6,7)8)48(89-54)51(82)60-20-10-18-58-30(70)16-22-64-33(73)13-14-34(64)74/h11-14,27-28,35-49,52-54,65-66,75-80H,9-10,15-24H2,1-8H3,(H,57,69)(H,58,70)(H,59,81)(H,60,82)(H,61,67)(H,62,68). The molecule has 14 N–H and O–H groups in total. The Bertz CT molecular complexity index is 2600. The molecule has 0 aromatic heterocycles. The monoisotopic (exact) mass is 1290 g/mol. The van der Waals surface area contributed by atoms with Gasteiger partial charge in [0.15, 0.2) is 31.1 Å². The number of nitrogens with zero attached hydrogens (tertiary/aromatic N) is 2. The lowest BCUT2D eigenvalue weighted by Crippen LogP contribution is -2.71. The number of imide groups is 2. The Kier molecular flexibility index (Phi) is 25.9. The van der Waals surface area contributed by atoms with Crippen LogP contribution in [0.5, 0.6) is 0 Å². The molecule has 20 unspecified atom stereocenters. The van der Waals surface area contributed by atoms with E-state index >= 15 is 0 Å². The molecule has 0 radical (unpaired) electrons. The highest BCUT2D eigenvalue weighted by Crippen LogP contribution is 2.38. The lowest BCUT2D eigenvalue weighted by atomic mass is 9.78. The van der Waals surface area contributed by atoms with Gasteiger partial charge in [-0.25, -0.2) is 0 Å². The second-order valence-corrected chi connectivity index (χ2v) is 24.4. The van der Waals surface area contributed by atoms with Gasteiger partial charge in [0.05, 0.1) is 31.0 Å². The second-order valence-electron chi connectivity index (χ2n) is 24.4. The van der Waals surface area contributed by atoms with E-state index in [4.69, 9.17) is 37.9 Å². The fourth-order valence-electron chi connectivity index (χ4n) is 10.8. The molecule has 0 saturated carbocycles. The minimum Gasteiger partial charge on any atom is -0.394 e. The zero-order valence-electron chi connectivity index (χ0n) is 51.2. The van der Waals surface area contributed by atoms with E-state index in [1.807, 2.05) is 0 Å². The zero-order valence-corrected chi connectivity index (χ0v) is 51.2. The molecule has 6 rings (SSSR count). The maximum atomic E-state index is 14.5. The maximum Gasteiger partial charge on any atom is 0.253 e. The van der Waals surface area contributed by atoms with Gasteiger partial charge in [-0.1, -0.05) is 20.8 Å². The molecule has 4 saturated heterocycles. The third-order valence-corrected chi connectivity index (χ3v) is 15.2. The first kappa shape index (κ1) is 73.0. The van der Waals surface area contributed by atoms with Crippen LogP contribution in [0.2, 0.25) is 0 Å². The predicted octanol–water partition coefficient (Wildman–Crippen LogP) is -7.65. The van der Waals surface area contributed by atoms with Crippen LogP contribution < -0.4 is 31.9 Å². The summed E-state index contributed by atoms with van der Waals surface area (Å²) in [6.45, 7) is 9.63. The van der Waals surface area contributed by atoms with Crippen LogP contribution in [0.25, 0.3) is 0 Å². The number of hydrogen-bond acceptors (Lipinski definition) is 26. The van der Waals surface area contributed by atoms with Crippen molar-refractivity contribution in [1.29, 1.82) is 0 Å². The largest absolute Gasteiger partial charge is 0.394 e. The molecule has 0 aromatic carbocycles. The number of rotatable bonds is 27. The number of carbonyl (C=O) groups excluding carboxylic acids is 10. The van der Waals surface area contributed by atoms with Gasteiger partial charge in [-0.15, -0.1) is 0 Å². The Hall–Kier alpha value is -6.06. The molecule has 6 aliphatic rings. The van der Waals surface area contributed by atoms with Gasteiger partial charge in [0.2, 0.25) is 23.6 Å². The summed E-state index contributed by atoms with van der Waals surface area (Å²) in [5.74, 6) is -6.80. The van der Waals surface area contributed by atoms with Gasteiger partial charge in [-0.2, -0.15) is 0 Å². The summed E-state index contributed by atoms with van der Waals surface area (Å²) in [5, 5.41) is 107. The Morgan fingerprint density at radius 2 is 0.867 bits per heavy atom. The first-order valence-electron chi connectivity index (χ1n) is 29.5. The zero-order chi connectivity index (χ0) is 66.7. The fraction of sp³-hybridized carbons (Fsp3) is 0.750. The van der Waals surface area contributed by atoms with Crippen molar-refractivity contribution in [2.75, 3.05) is 52.5 Å². The van der Waals surface area contributed by atoms with Crippen molar-refractivity contribution in [3.8, 4) is 0 Å². The Labute approximate surface area is 517 Å². The van der Waals surface area contributed by atoms with Gasteiger partial charge in [0.1, 0.15) is 79.3 Å². The average molecular weight is 1290 g/mol. The van der Waals surface area contributed by atoms with Crippen LogP contribution in [0, 0.1) is 5.41 Å². The molecular weight excluding hydrogens is 1200 g/mol. The SMILES string of the molecule is CC(=O)NC1C(OC2C(C(=O)NCCCNC(=O)CCN3C(=O)C=CC3=O)OC(OC3C(O)C(CO)OC(C(C)(C)C)C3NC(C)=O)C(O)C2O)OC(CO)C(O)C1OC1OC(C(=O)NCCCNC(=O)CCN2C(=O)C=CC2=O)C(OC(C)(C)C)C(O)C1O. The molecule has 506 valence electrons. The van der Waals surface area contributed by atoms with Crippen molar-refractivity contribution in [2.24, 2.45) is 5.41 Å². The number of hydrogen-bond donors (Lipinski definition) is 14. The summed E-state index contributed by atoms with van der Waals surface area (Å²) in [7, 11) is 0. The van der Waals surface area contributed by atoms with Gasteiger partial charge in [0, 0.05) is 90.3 Å². The van der Waals surface area contributed by atoms with Gasteiger partial charge in [0.25, 0.3) is 35.4 Å². The van der Waals surface area contributed by atoms with E-state index in [0.717, 1.165) is 41.0 Å². The molecule has 20 atom stereocenters. The number of amides is 10. The minimum absolute atomic E-state index is 0.0194. The average Bonchev–Trinajstić information content (AvgIpc) is 0.974. The molecule has 34 heteroatoms. The third-order valence-electron chi connectivity index (χ3n) is 15.2. The van der Waals surface area contributed by atoms with E-state index in [-0.39, 0.29) is 65.0 Å². The van der Waals surface area contributed by atoms with Crippen LogP contribution in [-0.2, 0) is 85.8 Å². The highest BCUT2D eigenvalue weighted by molar-refractivity contribution is 6.13. The highest BCUT2D eigenvalue weighted by atomic mass is 16.8. The molecule has 0 bridgehead atoms. The van der Waals surface area contributed by atoms with Crippen LogP contribution >= 0.6 is 0 Å². The quantitative estimate of drug-likeness (QED) is 0.0268. The van der Waals surface area contributed by atoms with Gasteiger partial charge >= 0.3 is 0 Å². The molecule has 4 fully saturated rings. The van der Waals surface area contributed by atoms with Crippen molar-refractivity contribution in [1.82, 2.24) is 41.7 Å². The van der Waals surface area contributed by atoms with E-state index in [0.29, 0.717) is 0 Å². The van der Waals surface area contributed by atoms with Crippen molar-refractivity contribution >= 4 is 59.1 Å². The van der Waals surface area contributed by atoms with Crippen molar-refractivity contribution < 1.29 is 127 Å². The maximum absolute atomic E-state index is 14.5. The van der Waals surface area contributed by atoms with E-state index in [1.54, 1.807) is 41.5 Å². The Morgan fingerprint density at radius 1 is 0.489 bits per heavy atom. The van der Waals surface area contributed by atoms with Crippen LogP contribution in [-0.4, -0.2) is 290 Å². The van der Waals surface area contributed by atoms with Crippen LogP contribution in [0.1, 0.15) is 81.1 Å². The molecule has 6 heterocycles. The number of carbonyl (C=O) groups is 10. The van der Waals surface area contributed by atoms with Gasteiger partial charge < -0.3 is 111 Å². The van der Waals surface area contributed by atoms with Crippen molar-refractivity contribution in [3.63, 3.8) is 0 Å². The van der Waals surface area contributed by atoms with E-state index < -0.39 is 206 Å². The van der Waals surface area contributed by atoms with Crippen molar-refractivity contribution in [2.45, 2.75) is 209 Å². The molecule has 0 aromatic rings. The van der Waals surface area contributed by atoms with Crippen LogP contribution in [0.15, 0.2) is 24.3 Å². The summed E-state index contributed by atoms with van der Waals surface area (Å²) in [6.07, 6.45) is -29.8. The van der Waals surface area contributed by atoms with E-state index in [9.17, 15) is 88.8 Å². The lowest BCUT2D eigenvalue weighted by Gasteiger charge is -2.51. The number of nitrogens with one attached hydrogen (secondary N) is 6. The summed E-state index contributed by atoms with van der Waals surface area (Å²) in [4.78, 5) is 129. The molecule has 90 heavy (non-hydrogen) atoms. The summed E-state index contributed by atoms with van der Waals surface area (Å²) in [6, 6.07) is -3.05. The summed E-state index contributed by atoms with van der Waals surface area (Å²) in [5.41, 5.74) is -1.91. The first-order chi connectivity index (χ1) is 42.3. The van der Waals surface area contributed by atoms with Crippen LogP contribution in [0.3, 0.4) is 0 Å². The van der Waals surface area contributed by atoms with Gasteiger partial charge in [-0.3, -0.25) is 57.7 Å². The second kappa shape index (κ2) is 32.0. The topological polar surface area (TPSA) is 485 Å². The first-order valence-corrected chi connectivity index (χ1v) is 29.5. The number of ether oxygens (including phenoxy) is 8. The van der Waals surface area contributed by atoms with E-state index in [1.165, 1.54) is 6.92 Å². The normalized spacial score (nSPS) is 33.9. The van der Waals surface area contributed by atoms with E-state index in [2.05, 4.69) is 31.9 Å². The Balaban J connectivity index is 1.23. The minimum atomic E-state index is -2.28. The van der Waals surface area contributed by atoms with Gasteiger partial charge in [-0.05, 0) is 39.0 Å². The summed E-state index contributed by atoms with van der Waals surface area (Å²) >= 11 is 0. The third kappa shape index (κ3) is 18.8. The molecule has 34 nitrogen and oxygen atoms in total. The summed E-state index contributed by atoms with van der Waals surface area (Å²) < 4.78 is 48.8. The fourth-order valence-corrected chi connectivity index (χ4v) is 10.8. The Morgan fingerprint density at radius 3 is 1.28 bits per heavy atom. The predicted molar refractivity (Wildman–Crippen MR) is 301 cm³/mol. The number of aliphatic hydroxyl groups is 8. The van der Waals surface area contributed by atoms with Crippen LogP contribution in [0.4, 0.5) is 0 Å². The molecule has 10 amide bonds. The molecule has 0 aliphatic carbocycles. The number of aliphatic hydroxyl groups excluding tert-OH is 8. The smallest absolute Gasteiger partial charge is 0.253 e. The molecule has 6 aliphatic heterocycles.